The van der Waals surface area contributed by atoms with Gasteiger partial charge in [-0.2, -0.15) is 4.31 Å². The van der Waals surface area contributed by atoms with E-state index in [1.54, 1.807) is 12.1 Å². The number of amides is 1. The third-order valence-corrected chi connectivity index (χ3v) is 8.49. The van der Waals surface area contributed by atoms with Gasteiger partial charge in [0.05, 0.1) is 20.3 Å². The number of ether oxygens (including phenoxy) is 2. The van der Waals surface area contributed by atoms with Gasteiger partial charge in [0.1, 0.15) is 10.6 Å². The van der Waals surface area contributed by atoms with E-state index in [0.717, 1.165) is 45.3 Å². The van der Waals surface area contributed by atoms with E-state index in [2.05, 4.69) is 11.8 Å². The molecule has 2 aliphatic heterocycles. The molecule has 0 unspecified atom stereocenters. The first kappa shape index (κ1) is 22.5. The predicted molar refractivity (Wildman–Crippen MR) is 117 cm³/mol. The van der Waals surface area contributed by atoms with Crippen molar-refractivity contribution in [2.75, 3.05) is 53.0 Å². The molecule has 172 valence electrons. The SMILES string of the molecule is CCN1CCC(N(C(=O)c2ccc(OC)c(S(=O)(=O)N3CCOCC3)c2)C2CC2)CC1. The maximum atomic E-state index is 13.6. The monoisotopic (exact) mass is 451 g/mol. The summed E-state index contributed by atoms with van der Waals surface area (Å²) < 4.78 is 38.6. The molecule has 1 aliphatic carbocycles. The average molecular weight is 452 g/mol. The molecule has 2 heterocycles. The fraction of sp³-hybridized carbons (Fsp3) is 0.682. The third kappa shape index (κ3) is 4.74. The van der Waals surface area contributed by atoms with Gasteiger partial charge in [-0.15, -0.1) is 0 Å². The zero-order valence-electron chi connectivity index (χ0n) is 18.5. The number of sulfonamides is 1. The Morgan fingerprint density at radius 3 is 2.32 bits per heavy atom. The minimum Gasteiger partial charge on any atom is -0.495 e. The van der Waals surface area contributed by atoms with Gasteiger partial charge in [0.15, 0.2) is 0 Å². The summed E-state index contributed by atoms with van der Waals surface area (Å²) in [6.07, 6.45) is 3.97. The van der Waals surface area contributed by atoms with Crippen molar-refractivity contribution in [1.82, 2.24) is 14.1 Å². The van der Waals surface area contributed by atoms with Crippen molar-refractivity contribution in [1.29, 1.82) is 0 Å². The van der Waals surface area contributed by atoms with Crippen LogP contribution >= 0.6 is 0 Å². The molecule has 3 aliphatic rings. The summed E-state index contributed by atoms with van der Waals surface area (Å²) in [5.74, 6) is 0.191. The number of morpholine rings is 1. The number of carbonyl (C=O) groups is 1. The third-order valence-electron chi connectivity index (χ3n) is 6.57. The summed E-state index contributed by atoms with van der Waals surface area (Å²) in [4.78, 5) is 18.1. The van der Waals surface area contributed by atoms with Gasteiger partial charge in [-0.05, 0) is 50.4 Å². The van der Waals surface area contributed by atoms with Crippen LogP contribution in [0.15, 0.2) is 23.1 Å². The van der Waals surface area contributed by atoms with E-state index in [1.807, 2.05) is 4.90 Å². The number of carbonyl (C=O) groups excluding carboxylic acids is 1. The molecule has 0 spiro atoms. The van der Waals surface area contributed by atoms with Crippen molar-refractivity contribution in [2.45, 2.75) is 49.6 Å². The van der Waals surface area contributed by atoms with Gasteiger partial charge in [0, 0.05) is 43.8 Å². The van der Waals surface area contributed by atoms with Gasteiger partial charge in [-0.1, -0.05) is 6.92 Å². The van der Waals surface area contributed by atoms with Crippen LogP contribution in [0.5, 0.6) is 5.75 Å². The molecule has 3 fully saturated rings. The number of methoxy groups -OCH3 is 1. The summed E-state index contributed by atoms with van der Waals surface area (Å²) in [6.45, 7) is 6.52. The number of piperidine rings is 1. The van der Waals surface area contributed by atoms with Crippen molar-refractivity contribution < 1.29 is 22.7 Å². The van der Waals surface area contributed by atoms with E-state index in [0.29, 0.717) is 31.9 Å². The molecule has 9 heteroatoms. The van der Waals surface area contributed by atoms with Crippen molar-refractivity contribution >= 4 is 15.9 Å². The van der Waals surface area contributed by atoms with Crippen LogP contribution in [-0.2, 0) is 14.8 Å². The Kier molecular flexibility index (Phi) is 6.86. The molecule has 1 saturated carbocycles. The van der Waals surface area contributed by atoms with Crippen LogP contribution in [0.4, 0.5) is 0 Å². The Labute approximate surface area is 185 Å². The van der Waals surface area contributed by atoms with Crippen molar-refractivity contribution in [3.63, 3.8) is 0 Å². The number of rotatable bonds is 7. The van der Waals surface area contributed by atoms with Gasteiger partial charge < -0.3 is 19.3 Å². The molecule has 8 nitrogen and oxygen atoms in total. The highest BCUT2D eigenvalue weighted by Crippen LogP contribution is 2.35. The molecule has 1 aromatic rings. The van der Waals surface area contributed by atoms with E-state index in [-0.39, 0.29) is 28.6 Å². The van der Waals surface area contributed by atoms with Crippen molar-refractivity contribution in [2.24, 2.45) is 0 Å². The topological polar surface area (TPSA) is 79.4 Å². The lowest BCUT2D eigenvalue weighted by Gasteiger charge is -2.38. The fourth-order valence-electron chi connectivity index (χ4n) is 4.58. The van der Waals surface area contributed by atoms with Crippen LogP contribution in [0.2, 0.25) is 0 Å². The summed E-state index contributed by atoms with van der Waals surface area (Å²) in [6, 6.07) is 5.28. The molecule has 1 aromatic carbocycles. The average Bonchev–Trinajstić information content (AvgIpc) is 3.65. The molecule has 0 aromatic heterocycles. The number of hydrogen-bond acceptors (Lipinski definition) is 6. The lowest BCUT2D eigenvalue weighted by Crippen LogP contribution is -2.48. The Morgan fingerprint density at radius 2 is 1.74 bits per heavy atom. The summed E-state index contributed by atoms with van der Waals surface area (Å²) in [5, 5.41) is 0. The largest absolute Gasteiger partial charge is 0.495 e. The van der Waals surface area contributed by atoms with E-state index in [1.165, 1.54) is 17.5 Å². The molecular formula is C22H33N3O5S. The summed E-state index contributed by atoms with van der Waals surface area (Å²) >= 11 is 0. The summed E-state index contributed by atoms with van der Waals surface area (Å²) in [5.41, 5.74) is 0.414. The Hall–Kier alpha value is -1.68. The van der Waals surface area contributed by atoms with Crippen LogP contribution < -0.4 is 4.74 Å². The second kappa shape index (κ2) is 9.44. The molecule has 4 rings (SSSR count). The minimum atomic E-state index is -3.78. The molecule has 0 atom stereocenters. The number of benzene rings is 1. The van der Waals surface area contributed by atoms with Gasteiger partial charge in [0.2, 0.25) is 10.0 Å². The zero-order valence-corrected chi connectivity index (χ0v) is 19.3. The number of likely N-dealkylation sites (tertiary alicyclic amines) is 1. The second-order valence-electron chi connectivity index (χ2n) is 8.49. The molecule has 0 bridgehead atoms. The summed E-state index contributed by atoms with van der Waals surface area (Å²) in [7, 11) is -2.32. The second-order valence-corrected chi connectivity index (χ2v) is 10.4. The van der Waals surface area contributed by atoms with E-state index in [4.69, 9.17) is 9.47 Å². The Bertz CT molecular complexity index is 888. The highest BCUT2D eigenvalue weighted by Gasteiger charge is 2.39. The quantitative estimate of drug-likeness (QED) is 0.629. The number of hydrogen-bond donors (Lipinski definition) is 0. The van der Waals surface area contributed by atoms with Crippen molar-refractivity contribution in [3.8, 4) is 5.75 Å². The van der Waals surface area contributed by atoms with Crippen molar-refractivity contribution in [3.05, 3.63) is 23.8 Å². The first-order valence-corrected chi connectivity index (χ1v) is 12.7. The highest BCUT2D eigenvalue weighted by molar-refractivity contribution is 7.89. The standard InChI is InChI=1S/C22H33N3O5S/c1-3-23-10-8-19(9-11-23)25(18-5-6-18)22(26)17-4-7-20(29-2)21(16-17)31(27,28)24-12-14-30-15-13-24/h4,7,16,18-19H,3,5-6,8-15H2,1-2H3. The molecule has 2 saturated heterocycles. The van der Waals surface area contributed by atoms with Crippen LogP contribution in [0.3, 0.4) is 0 Å². The smallest absolute Gasteiger partial charge is 0.254 e. The maximum absolute atomic E-state index is 13.6. The zero-order chi connectivity index (χ0) is 22.0. The Morgan fingerprint density at radius 1 is 1.10 bits per heavy atom. The first-order chi connectivity index (χ1) is 15.0. The molecule has 1 amide bonds. The van der Waals surface area contributed by atoms with E-state index < -0.39 is 10.0 Å². The molecule has 0 N–H and O–H groups in total. The van der Waals surface area contributed by atoms with Crippen LogP contribution in [0.1, 0.15) is 43.0 Å². The predicted octanol–water partition coefficient (Wildman–Crippen LogP) is 1.80. The molecule has 0 radical (unpaired) electrons. The molecular weight excluding hydrogens is 418 g/mol. The van der Waals surface area contributed by atoms with E-state index in [9.17, 15) is 13.2 Å². The first-order valence-electron chi connectivity index (χ1n) is 11.3. The fourth-order valence-corrected chi connectivity index (χ4v) is 6.17. The normalized spacial score (nSPS) is 21.7. The Balaban J connectivity index is 1.61. The van der Waals surface area contributed by atoms with E-state index >= 15 is 0 Å². The van der Waals surface area contributed by atoms with Crippen LogP contribution in [0, 0.1) is 0 Å². The lowest BCUT2D eigenvalue weighted by atomic mass is 10.0. The van der Waals surface area contributed by atoms with Gasteiger partial charge >= 0.3 is 0 Å². The van der Waals surface area contributed by atoms with Crippen LogP contribution in [0.25, 0.3) is 0 Å². The van der Waals surface area contributed by atoms with Gasteiger partial charge in [-0.25, -0.2) is 8.42 Å². The maximum Gasteiger partial charge on any atom is 0.254 e. The van der Waals surface area contributed by atoms with Gasteiger partial charge in [0.25, 0.3) is 5.91 Å². The minimum absolute atomic E-state index is 0.0549. The lowest BCUT2D eigenvalue weighted by molar-refractivity contribution is 0.0554. The molecule has 31 heavy (non-hydrogen) atoms. The van der Waals surface area contributed by atoms with Crippen LogP contribution in [-0.4, -0.2) is 93.6 Å². The number of nitrogens with zero attached hydrogens (tertiary/aromatic N) is 3. The van der Waals surface area contributed by atoms with Gasteiger partial charge in [-0.3, -0.25) is 4.79 Å². The highest BCUT2D eigenvalue weighted by atomic mass is 32.2.